The third-order valence-corrected chi connectivity index (χ3v) is 4.16. The molecule has 0 aromatic heterocycles. The van der Waals surface area contributed by atoms with Gasteiger partial charge in [-0.1, -0.05) is 41.4 Å². The largest absolute Gasteiger partial charge is 0.497 e. The lowest BCUT2D eigenvalue weighted by Crippen LogP contribution is -2.01. The molecule has 2 aromatic carbocycles. The number of carbonyl (C=O) groups excluding carboxylic acids is 1. The monoisotopic (exact) mass is 373 g/mol. The fourth-order valence-corrected chi connectivity index (χ4v) is 2.45. The maximum atomic E-state index is 11.9. The molecule has 6 heteroatoms. The molecule has 0 spiro atoms. The lowest BCUT2D eigenvalue weighted by molar-refractivity contribution is -0.129. The topological polar surface area (TPSA) is 47.9 Å². The highest BCUT2D eigenvalue weighted by Crippen LogP contribution is 2.25. The number of halogens is 2. The number of rotatable bonds is 4. The SMILES string of the molecule is COc1ccc(/C=C/C2=NC(=C/c3ccc(Cl)c(Cl)c3)/C(=O)O2)cc1. The van der Waals surface area contributed by atoms with Crippen molar-refractivity contribution in [3.63, 3.8) is 0 Å². The molecule has 0 unspecified atom stereocenters. The number of hydrogen-bond acceptors (Lipinski definition) is 4. The van der Waals surface area contributed by atoms with Crippen molar-refractivity contribution in [2.45, 2.75) is 0 Å². The average molecular weight is 374 g/mol. The Labute approximate surface area is 155 Å². The van der Waals surface area contributed by atoms with E-state index in [9.17, 15) is 4.79 Å². The summed E-state index contributed by atoms with van der Waals surface area (Å²) in [4.78, 5) is 16.1. The van der Waals surface area contributed by atoms with Gasteiger partial charge in [0.2, 0.25) is 5.90 Å². The van der Waals surface area contributed by atoms with Crippen LogP contribution in [0.15, 0.2) is 59.2 Å². The van der Waals surface area contributed by atoms with Crippen LogP contribution < -0.4 is 4.74 Å². The van der Waals surface area contributed by atoms with Crippen LogP contribution in [0.2, 0.25) is 10.0 Å². The molecular weight excluding hydrogens is 361 g/mol. The molecular formula is C19H13Cl2NO3. The zero-order valence-corrected chi connectivity index (χ0v) is 14.7. The van der Waals surface area contributed by atoms with Crippen molar-refractivity contribution in [3.05, 3.63) is 75.4 Å². The normalized spacial score (nSPS) is 15.6. The smallest absolute Gasteiger partial charge is 0.363 e. The standard InChI is InChI=1S/C19H13Cl2NO3/c1-24-14-6-2-12(3-7-14)5-9-18-22-17(19(23)25-18)11-13-4-8-15(20)16(21)10-13/h2-11H,1H3/b9-5+,17-11+. The Morgan fingerprint density at radius 1 is 1.00 bits per heavy atom. The van der Waals surface area contributed by atoms with Crippen LogP contribution in [0, 0.1) is 0 Å². The first kappa shape index (κ1) is 17.3. The Bertz CT molecular complexity index is 899. The zero-order chi connectivity index (χ0) is 17.8. The molecule has 0 bridgehead atoms. The molecule has 4 nitrogen and oxygen atoms in total. The van der Waals surface area contributed by atoms with Gasteiger partial charge >= 0.3 is 5.97 Å². The van der Waals surface area contributed by atoms with Crippen LogP contribution in [-0.4, -0.2) is 19.0 Å². The van der Waals surface area contributed by atoms with Gasteiger partial charge in [0.05, 0.1) is 17.2 Å². The van der Waals surface area contributed by atoms with Gasteiger partial charge in [0, 0.05) is 6.08 Å². The van der Waals surface area contributed by atoms with Gasteiger partial charge in [-0.3, -0.25) is 0 Å². The molecule has 25 heavy (non-hydrogen) atoms. The molecule has 0 aliphatic carbocycles. The van der Waals surface area contributed by atoms with E-state index in [1.54, 1.807) is 43.5 Å². The molecule has 0 atom stereocenters. The fourth-order valence-electron chi connectivity index (χ4n) is 2.14. The molecule has 1 aliphatic rings. The Kier molecular flexibility index (Phi) is 5.22. The van der Waals surface area contributed by atoms with Crippen LogP contribution in [0.25, 0.3) is 12.2 Å². The van der Waals surface area contributed by atoms with E-state index in [1.807, 2.05) is 24.3 Å². The van der Waals surface area contributed by atoms with Crippen molar-refractivity contribution in [3.8, 4) is 5.75 Å². The highest BCUT2D eigenvalue weighted by atomic mass is 35.5. The van der Waals surface area contributed by atoms with Crippen molar-refractivity contribution >= 4 is 47.2 Å². The van der Waals surface area contributed by atoms with Crippen molar-refractivity contribution in [1.82, 2.24) is 0 Å². The second-order valence-corrected chi connectivity index (χ2v) is 5.96. The summed E-state index contributed by atoms with van der Waals surface area (Å²) in [7, 11) is 1.61. The zero-order valence-electron chi connectivity index (χ0n) is 13.2. The molecule has 0 saturated carbocycles. The van der Waals surface area contributed by atoms with Crippen molar-refractivity contribution in [1.29, 1.82) is 0 Å². The van der Waals surface area contributed by atoms with Crippen LogP contribution in [-0.2, 0) is 9.53 Å². The maximum Gasteiger partial charge on any atom is 0.363 e. The van der Waals surface area contributed by atoms with E-state index < -0.39 is 5.97 Å². The van der Waals surface area contributed by atoms with E-state index in [-0.39, 0.29) is 11.6 Å². The average Bonchev–Trinajstić information content (AvgIpc) is 2.96. The first-order valence-corrected chi connectivity index (χ1v) is 8.10. The summed E-state index contributed by atoms with van der Waals surface area (Å²) in [6.07, 6.45) is 5.03. The second-order valence-electron chi connectivity index (χ2n) is 5.15. The third-order valence-electron chi connectivity index (χ3n) is 3.42. The van der Waals surface area contributed by atoms with E-state index in [0.717, 1.165) is 11.3 Å². The molecule has 0 radical (unpaired) electrons. The van der Waals surface area contributed by atoms with Gasteiger partial charge in [0.25, 0.3) is 0 Å². The quantitative estimate of drug-likeness (QED) is 0.558. The number of cyclic esters (lactones) is 1. The van der Waals surface area contributed by atoms with Crippen molar-refractivity contribution in [2.24, 2.45) is 4.99 Å². The minimum atomic E-state index is -0.513. The number of aliphatic imine (C=N–C) groups is 1. The second kappa shape index (κ2) is 7.55. The predicted molar refractivity (Wildman–Crippen MR) is 100.0 cm³/mol. The van der Waals surface area contributed by atoms with Gasteiger partial charge < -0.3 is 9.47 Å². The summed E-state index contributed by atoms with van der Waals surface area (Å²) in [6, 6.07) is 12.5. The number of ether oxygens (including phenoxy) is 2. The number of benzene rings is 2. The van der Waals surface area contributed by atoms with Crippen LogP contribution in [0.4, 0.5) is 0 Å². The van der Waals surface area contributed by atoms with E-state index in [4.69, 9.17) is 32.7 Å². The van der Waals surface area contributed by atoms with Gasteiger partial charge in [0.15, 0.2) is 5.70 Å². The highest BCUT2D eigenvalue weighted by Gasteiger charge is 2.21. The Morgan fingerprint density at radius 3 is 2.40 bits per heavy atom. The summed E-state index contributed by atoms with van der Waals surface area (Å²) >= 11 is 11.8. The van der Waals surface area contributed by atoms with E-state index in [2.05, 4.69) is 4.99 Å². The minimum Gasteiger partial charge on any atom is -0.497 e. The molecule has 0 fully saturated rings. The molecule has 0 amide bonds. The molecule has 126 valence electrons. The lowest BCUT2D eigenvalue weighted by atomic mass is 10.2. The fraction of sp³-hybridized carbons (Fsp3) is 0.0526. The van der Waals surface area contributed by atoms with Gasteiger partial charge in [-0.2, -0.15) is 0 Å². The third kappa shape index (κ3) is 4.29. The lowest BCUT2D eigenvalue weighted by Gasteiger charge is -1.98. The molecule has 1 heterocycles. The van der Waals surface area contributed by atoms with Gasteiger partial charge in [-0.25, -0.2) is 9.79 Å². The number of methoxy groups -OCH3 is 1. The molecule has 3 rings (SSSR count). The van der Waals surface area contributed by atoms with E-state index in [1.165, 1.54) is 0 Å². The van der Waals surface area contributed by atoms with E-state index >= 15 is 0 Å². The Hall–Kier alpha value is -2.56. The highest BCUT2D eigenvalue weighted by molar-refractivity contribution is 6.42. The van der Waals surface area contributed by atoms with E-state index in [0.29, 0.717) is 15.6 Å². The molecule has 0 saturated heterocycles. The molecule has 1 aliphatic heterocycles. The predicted octanol–water partition coefficient (Wildman–Crippen LogP) is 5.01. The Balaban J connectivity index is 1.78. The first-order valence-electron chi connectivity index (χ1n) is 7.35. The molecule has 2 aromatic rings. The summed E-state index contributed by atoms with van der Waals surface area (Å²) in [6.45, 7) is 0. The van der Waals surface area contributed by atoms with Gasteiger partial charge in [0.1, 0.15) is 5.75 Å². The summed E-state index contributed by atoms with van der Waals surface area (Å²) in [5, 5.41) is 0.857. The van der Waals surface area contributed by atoms with Crippen LogP contribution >= 0.6 is 23.2 Å². The number of esters is 1. The minimum absolute atomic E-state index is 0.202. The molecule has 0 N–H and O–H groups in total. The Morgan fingerprint density at radius 2 is 1.72 bits per heavy atom. The van der Waals surface area contributed by atoms with Crippen LogP contribution in [0.1, 0.15) is 11.1 Å². The number of hydrogen-bond donors (Lipinski definition) is 0. The van der Waals surface area contributed by atoms with Gasteiger partial charge in [-0.15, -0.1) is 0 Å². The van der Waals surface area contributed by atoms with Gasteiger partial charge in [-0.05, 0) is 47.5 Å². The number of nitrogens with zero attached hydrogens (tertiary/aromatic N) is 1. The first-order chi connectivity index (χ1) is 12.0. The van der Waals surface area contributed by atoms with Crippen molar-refractivity contribution in [2.75, 3.05) is 7.11 Å². The van der Waals surface area contributed by atoms with Crippen LogP contribution in [0.5, 0.6) is 5.75 Å². The summed E-state index contributed by atoms with van der Waals surface area (Å²) in [5.74, 6) is 0.487. The maximum absolute atomic E-state index is 11.9. The van der Waals surface area contributed by atoms with Crippen molar-refractivity contribution < 1.29 is 14.3 Å². The number of carbonyl (C=O) groups is 1. The van der Waals surface area contributed by atoms with Crippen LogP contribution in [0.3, 0.4) is 0 Å². The summed E-state index contributed by atoms with van der Waals surface area (Å²) in [5.41, 5.74) is 1.85. The summed E-state index contributed by atoms with van der Waals surface area (Å²) < 4.78 is 10.2.